The van der Waals surface area contributed by atoms with E-state index in [1.807, 2.05) is 0 Å². The third-order valence-electron chi connectivity index (χ3n) is 4.20. The molecule has 1 aliphatic carbocycles. The maximum Gasteiger partial charge on any atom is 0.417 e. The average molecular weight is 441 g/mol. The third-order valence-corrected chi connectivity index (χ3v) is 4.53. The quantitative estimate of drug-likeness (QED) is 0.648. The third kappa shape index (κ3) is 5.73. The predicted octanol–water partition coefficient (Wildman–Crippen LogP) is 4.50. The molecule has 10 heteroatoms. The van der Waals surface area contributed by atoms with E-state index in [1.165, 1.54) is 18.2 Å². The summed E-state index contributed by atoms with van der Waals surface area (Å²) in [5.74, 6) is -1.77. The second kappa shape index (κ2) is 8.74. The molecule has 6 nitrogen and oxygen atoms in total. The van der Waals surface area contributed by atoms with Crippen molar-refractivity contribution in [1.29, 1.82) is 0 Å². The van der Waals surface area contributed by atoms with Gasteiger partial charge in [0.2, 0.25) is 5.91 Å². The molecule has 30 heavy (non-hydrogen) atoms. The van der Waals surface area contributed by atoms with Gasteiger partial charge in [0, 0.05) is 17.3 Å². The number of ether oxygens (including phenoxy) is 1. The molecule has 0 atom stereocenters. The summed E-state index contributed by atoms with van der Waals surface area (Å²) in [4.78, 5) is 35.9. The van der Waals surface area contributed by atoms with Gasteiger partial charge in [-0.25, -0.2) is 4.79 Å². The Labute approximate surface area is 174 Å². The minimum Gasteiger partial charge on any atom is -0.452 e. The predicted molar refractivity (Wildman–Crippen MR) is 103 cm³/mol. The zero-order chi connectivity index (χ0) is 21.9. The Morgan fingerprint density at radius 3 is 2.40 bits per heavy atom. The number of rotatable bonds is 6. The molecule has 1 aliphatic rings. The van der Waals surface area contributed by atoms with Crippen molar-refractivity contribution < 1.29 is 32.3 Å². The molecule has 0 unspecified atom stereocenters. The first kappa shape index (κ1) is 21.6. The topological polar surface area (TPSA) is 84.5 Å². The Bertz CT molecular complexity index is 990. The summed E-state index contributed by atoms with van der Waals surface area (Å²) < 4.78 is 43.5. The number of alkyl halides is 3. The van der Waals surface area contributed by atoms with Crippen LogP contribution in [0.25, 0.3) is 0 Å². The first-order valence-corrected chi connectivity index (χ1v) is 9.26. The molecule has 3 rings (SSSR count). The molecule has 2 aromatic carbocycles. The van der Waals surface area contributed by atoms with Crippen molar-refractivity contribution in [2.75, 3.05) is 17.2 Å². The fourth-order valence-corrected chi connectivity index (χ4v) is 2.77. The molecule has 2 amide bonds. The number of halogens is 4. The van der Waals surface area contributed by atoms with Crippen LogP contribution >= 0.6 is 11.6 Å². The minimum atomic E-state index is -4.68. The zero-order valence-electron chi connectivity index (χ0n) is 15.4. The normalized spacial score (nSPS) is 13.5. The van der Waals surface area contributed by atoms with Gasteiger partial charge >= 0.3 is 12.1 Å². The molecular weight excluding hydrogens is 425 g/mol. The zero-order valence-corrected chi connectivity index (χ0v) is 16.1. The van der Waals surface area contributed by atoms with E-state index in [9.17, 15) is 27.6 Å². The molecule has 0 heterocycles. The van der Waals surface area contributed by atoms with Crippen molar-refractivity contribution in [2.24, 2.45) is 5.92 Å². The summed E-state index contributed by atoms with van der Waals surface area (Å²) >= 11 is 5.52. The summed E-state index contributed by atoms with van der Waals surface area (Å²) in [6, 6.07) is 8.91. The van der Waals surface area contributed by atoms with Crippen LogP contribution < -0.4 is 10.6 Å². The maximum absolute atomic E-state index is 12.9. The smallest absolute Gasteiger partial charge is 0.417 e. The lowest BCUT2D eigenvalue weighted by Gasteiger charge is -2.12. The van der Waals surface area contributed by atoms with Gasteiger partial charge in [0.25, 0.3) is 5.91 Å². The second-order valence-electron chi connectivity index (χ2n) is 6.66. The lowest BCUT2D eigenvalue weighted by atomic mass is 10.2. The Morgan fingerprint density at radius 2 is 1.73 bits per heavy atom. The van der Waals surface area contributed by atoms with Crippen LogP contribution in [0.15, 0.2) is 42.5 Å². The van der Waals surface area contributed by atoms with E-state index in [2.05, 4.69) is 10.6 Å². The Balaban J connectivity index is 1.56. The molecular formula is C20H16ClF3N2O4. The fourth-order valence-electron chi connectivity index (χ4n) is 2.55. The van der Waals surface area contributed by atoms with E-state index in [-0.39, 0.29) is 23.1 Å². The Hall–Kier alpha value is -3.07. The van der Waals surface area contributed by atoms with Gasteiger partial charge < -0.3 is 15.4 Å². The second-order valence-corrected chi connectivity index (χ2v) is 7.07. The summed E-state index contributed by atoms with van der Waals surface area (Å²) in [5, 5.41) is 4.40. The largest absolute Gasteiger partial charge is 0.452 e. The fraction of sp³-hybridized carbons (Fsp3) is 0.250. The lowest BCUT2D eigenvalue weighted by molar-refractivity contribution is -0.137. The van der Waals surface area contributed by atoms with Gasteiger partial charge in [-0.15, -0.1) is 0 Å². The van der Waals surface area contributed by atoms with Crippen LogP contribution in [0.4, 0.5) is 24.5 Å². The van der Waals surface area contributed by atoms with Crippen LogP contribution in [0, 0.1) is 5.92 Å². The van der Waals surface area contributed by atoms with E-state index < -0.39 is 35.2 Å². The molecule has 158 valence electrons. The summed E-state index contributed by atoms with van der Waals surface area (Å²) in [6.07, 6.45) is -3.01. The van der Waals surface area contributed by atoms with E-state index in [1.54, 1.807) is 12.1 Å². The number of carbonyl (C=O) groups excluding carboxylic acids is 3. The standard InChI is InChI=1S/C20H16ClF3N2O4/c21-16-7-6-14(9-15(16)20(22,23)24)25-17(27)10-30-19(29)12-2-1-3-13(8-12)26-18(28)11-4-5-11/h1-3,6-9,11H,4-5,10H2,(H,25,27)(H,26,28). The molecule has 2 aromatic rings. The monoisotopic (exact) mass is 440 g/mol. The van der Waals surface area contributed by atoms with Crippen molar-refractivity contribution in [3.63, 3.8) is 0 Å². The summed E-state index contributed by atoms with van der Waals surface area (Å²) in [5.41, 5.74) is -0.699. The van der Waals surface area contributed by atoms with Gasteiger partial charge in [0.1, 0.15) is 0 Å². The molecule has 0 aliphatic heterocycles. The van der Waals surface area contributed by atoms with Crippen LogP contribution in [0.3, 0.4) is 0 Å². The van der Waals surface area contributed by atoms with Crippen molar-refractivity contribution >= 4 is 40.8 Å². The van der Waals surface area contributed by atoms with Crippen molar-refractivity contribution in [2.45, 2.75) is 19.0 Å². The molecule has 1 saturated carbocycles. The highest BCUT2D eigenvalue weighted by Gasteiger charge is 2.33. The van der Waals surface area contributed by atoms with Crippen LogP contribution in [-0.2, 0) is 20.5 Å². The van der Waals surface area contributed by atoms with Gasteiger partial charge in [-0.3, -0.25) is 9.59 Å². The first-order valence-electron chi connectivity index (χ1n) is 8.88. The summed E-state index contributed by atoms with van der Waals surface area (Å²) in [7, 11) is 0. The highest BCUT2D eigenvalue weighted by molar-refractivity contribution is 6.31. The van der Waals surface area contributed by atoms with Gasteiger partial charge in [-0.1, -0.05) is 17.7 Å². The lowest BCUT2D eigenvalue weighted by Crippen LogP contribution is -2.21. The minimum absolute atomic E-state index is 0.00460. The molecule has 0 bridgehead atoms. The van der Waals surface area contributed by atoms with Crippen LogP contribution in [0.2, 0.25) is 5.02 Å². The van der Waals surface area contributed by atoms with Crippen molar-refractivity contribution in [1.82, 2.24) is 0 Å². The number of esters is 1. The van der Waals surface area contributed by atoms with Crippen LogP contribution in [-0.4, -0.2) is 24.4 Å². The van der Waals surface area contributed by atoms with Crippen molar-refractivity contribution in [3.8, 4) is 0 Å². The first-order chi connectivity index (χ1) is 14.1. The van der Waals surface area contributed by atoms with Crippen LogP contribution in [0.5, 0.6) is 0 Å². The SMILES string of the molecule is O=C(COC(=O)c1cccc(NC(=O)C2CC2)c1)Nc1ccc(Cl)c(C(F)(F)F)c1. The highest BCUT2D eigenvalue weighted by Crippen LogP contribution is 2.36. The Morgan fingerprint density at radius 1 is 1.03 bits per heavy atom. The summed E-state index contributed by atoms with van der Waals surface area (Å²) in [6.45, 7) is -0.707. The van der Waals surface area contributed by atoms with E-state index in [0.717, 1.165) is 18.9 Å². The number of amides is 2. The van der Waals surface area contributed by atoms with Gasteiger partial charge in [-0.2, -0.15) is 13.2 Å². The maximum atomic E-state index is 12.9. The number of anilines is 2. The number of hydrogen-bond acceptors (Lipinski definition) is 4. The van der Waals surface area contributed by atoms with Crippen molar-refractivity contribution in [3.05, 3.63) is 58.6 Å². The number of nitrogens with one attached hydrogen (secondary N) is 2. The van der Waals surface area contributed by atoms with Gasteiger partial charge in [0.05, 0.1) is 16.1 Å². The number of benzene rings is 2. The van der Waals surface area contributed by atoms with Gasteiger partial charge in [0.15, 0.2) is 6.61 Å². The molecule has 2 N–H and O–H groups in total. The molecule has 1 fully saturated rings. The molecule has 0 saturated heterocycles. The van der Waals surface area contributed by atoms with Crippen LogP contribution in [0.1, 0.15) is 28.8 Å². The number of carbonyl (C=O) groups is 3. The Kier molecular flexibility index (Phi) is 6.31. The highest BCUT2D eigenvalue weighted by atomic mass is 35.5. The van der Waals surface area contributed by atoms with E-state index in [0.29, 0.717) is 11.8 Å². The number of hydrogen-bond donors (Lipinski definition) is 2. The van der Waals surface area contributed by atoms with E-state index in [4.69, 9.17) is 16.3 Å². The van der Waals surface area contributed by atoms with Gasteiger partial charge in [-0.05, 0) is 49.2 Å². The molecule has 0 spiro atoms. The molecule has 0 radical (unpaired) electrons. The van der Waals surface area contributed by atoms with E-state index >= 15 is 0 Å². The average Bonchev–Trinajstić information content (AvgIpc) is 3.52. The molecule has 0 aromatic heterocycles.